The van der Waals surface area contributed by atoms with Gasteiger partial charge in [0, 0.05) is 0 Å². The molecule has 0 radical (unpaired) electrons. The highest BCUT2D eigenvalue weighted by Gasteiger charge is 2.59. The van der Waals surface area contributed by atoms with Gasteiger partial charge in [0.2, 0.25) is 0 Å². The van der Waals surface area contributed by atoms with E-state index in [0.29, 0.717) is 0 Å². The number of halogens is 7. The van der Waals surface area contributed by atoms with Gasteiger partial charge in [-0.1, -0.05) is 23.2 Å². The Balaban J connectivity index is 4.40. The minimum Gasteiger partial charge on any atom is -0.207 e. The van der Waals surface area contributed by atoms with E-state index in [9.17, 15) is 22.0 Å². The Morgan fingerprint density at radius 1 is 1.00 bits per heavy atom. The molecule has 0 aliphatic carbocycles. The summed E-state index contributed by atoms with van der Waals surface area (Å²) >= 11 is 8.48. The molecule has 0 N–H and O–H groups in total. The Morgan fingerprint density at radius 2 is 1.30 bits per heavy atom. The molecule has 0 unspecified atom stereocenters. The monoisotopic (exact) mass is 202 g/mol. The van der Waals surface area contributed by atoms with Crippen molar-refractivity contribution in [2.75, 3.05) is 0 Å². The van der Waals surface area contributed by atoms with Crippen molar-refractivity contribution in [3.63, 3.8) is 0 Å². The van der Waals surface area contributed by atoms with Gasteiger partial charge in [-0.3, -0.25) is 0 Å². The maximum Gasteiger partial charge on any atom is 0.427 e. The molecular weight excluding hydrogens is 202 g/mol. The molecule has 0 nitrogen and oxygen atoms in total. The minimum absolute atomic E-state index is 3.84. The summed E-state index contributed by atoms with van der Waals surface area (Å²) in [5.74, 6) is 0. The standard InChI is InChI=1S/C3HCl2F5/c4-2(5,1(6)7)3(8,9)10/h1H. The zero-order chi connectivity index (χ0) is 8.58. The van der Waals surface area contributed by atoms with Crippen molar-refractivity contribution in [3.05, 3.63) is 0 Å². The van der Waals surface area contributed by atoms with Crippen molar-refractivity contribution < 1.29 is 22.0 Å². The topological polar surface area (TPSA) is 0 Å². The summed E-state index contributed by atoms with van der Waals surface area (Å²) in [5, 5.41) is 0. The maximum atomic E-state index is 11.3. The summed E-state index contributed by atoms with van der Waals surface area (Å²) in [7, 11) is 0. The molecule has 0 saturated heterocycles. The highest BCUT2D eigenvalue weighted by molar-refractivity contribution is 6.49. The van der Waals surface area contributed by atoms with Crippen LogP contribution in [0.1, 0.15) is 0 Å². The SMILES string of the molecule is FC(F)C(Cl)(Cl)C(F)(F)F. The van der Waals surface area contributed by atoms with Gasteiger partial charge in [0.15, 0.2) is 0 Å². The van der Waals surface area contributed by atoms with Crippen molar-refractivity contribution in [3.8, 4) is 0 Å². The highest BCUT2D eigenvalue weighted by atomic mass is 35.5. The zero-order valence-electron chi connectivity index (χ0n) is 4.22. The van der Waals surface area contributed by atoms with E-state index in [1.807, 2.05) is 0 Å². The van der Waals surface area contributed by atoms with Crippen LogP contribution in [0, 0.1) is 0 Å². The molecule has 62 valence electrons. The van der Waals surface area contributed by atoms with Crippen LogP contribution in [0.2, 0.25) is 0 Å². The Kier molecular flexibility index (Phi) is 2.76. The summed E-state index contributed by atoms with van der Waals surface area (Å²) in [6, 6.07) is 0. The molecule has 0 heterocycles. The molecule has 0 rings (SSSR count). The molecule has 0 aromatic heterocycles. The molecule has 0 aliphatic heterocycles. The number of hydrogen-bond donors (Lipinski definition) is 0. The van der Waals surface area contributed by atoms with E-state index in [1.165, 1.54) is 0 Å². The highest BCUT2D eigenvalue weighted by Crippen LogP contribution is 2.44. The molecule has 0 fully saturated rings. The Hall–Kier alpha value is 0.230. The fourth-order valence-corrected chi connectivity index (χ4v) is 0.124. The van der Waals surface area contributed by atoms with Gasteiger partial charge >= 0.3 is 6.18 Å². The average Bonchev–Trinajstić information content (AvgIpc) is 1.62. The van der Waals surface area contributed by atoms with Crippen molar-refractivity contribution in [2.45, 2.75) is 16.9 Å². The van der Waals surface area contributed by atoms with Gasteiger partial charge in [-0.25, -0.2) is 8.78 Å². The molecule has 0 saturated carbocycles. The Labute approximate surface area is 62.9 Å². The van der Waals surface area contributed by atoms with E-state index < -0.39 is 16.9 Å². The van der Waals surface area contributed by atoms with Crippen LogP contribution in [0.4, 0.5) is 22.0 Å². The van der Waals surface area contributed by atoms with Crippen LogP contribution >= 0.6 is 23.2 Å². The van der Waals surface area contributed by atoms with Gasteiger partial charge in [-0.15, -0.1) is 0 Å². The lowest BCUT2D eigenvalue weighted by Crippen LogP contribution is -2.40. The van der Waals surface area contributed by atoms with Crippen LogP contribution < -0.4 is 0 Å². The van der Waals surface area contributed by atoms with E-state index in [2.05, 4.69) is 23.2 Å². The van der Waals surface area contributed by atoms with Gasteiger partial charge < -0.3 is 0 Å². The van der Waals surface area contributed by atoms with E-state index in [4.69, 9.17) is 0 Å². The molecule has 0 spiro atoms. The minimum atomic E-state index is -5.30. The van der Waals surface area contributed by atoms with Crippen LogP contribution in [0.25, 0.3) is 0 Å². The predicted molar refractivity (Wildman–Crippen MR) is 26.5 cm³/mol. The summed E-state index contributed by atoms with van der Waals surface area (Å²) in [4.78, 5) is 0. The second-order valence-electron chi connectivity index (χ2n) is 1.42. The van der Waals surface area contributed by atoms with Crippen LogP contribution in [0.15, 0.2) is 0 Å². The molecule has 10 heavy (non-hydrogen) atoms. The fraction of sp³-hybridized carbons (Fsp3) is 1.00. The van der Waals surface area contributed by atoms with Gasteiger partial charge in [-0.2, -0.15) is 13.2 Å². The second-order valence-corrected chi connectivity index (χ2v) is 2.81. The quantitative estimate of drug-likeness (QED) is 0.453. The third-order valence-electron chi connectivity index (χ3n) is 0.652. The Bertz CT molecular complexity index is 117. The van der Waals surface area contributed by atoms with Crippen molar-refractivity contribution in [1.29, 1.82) is 0 Å². The van der Waals surface area contributed by atoms with Gasteiger partial charge in [0.05, 0.1) is 0 Å². The molecule has 0 aromatic rings. The normalized spacial score (nSPS) is 14.4. The van der Waals surface area contributed by atoms with Crippen LogP contribution in [-0.4, -0.2) is 16.9 Å². The average molecular weight is 203 g/mol. The molecule has 0 aromatic carbocycles. The van der Waals surface area contributed by atoms with Gasteiger partial charge in [-0.05, 0) is 0 Å². The van der Waals surface area contributed by atoms with E-state index in [1.54, 1.807) is 0 Å². The molecule has 0 aliphatic rings. The van der Waals surface area contributed by atoms with E-state index in [0.717, 1.165) is 0 Å². The number of alkyl halides is 7. The lowest BCUT2D eigenvalue weighted by atomic mass is 10.4. The molecule has 0 amide bonds. The van der Waals surface area contributed by atoms with Crippen molar-refractivity contribution in [2.24, 2.45) is 0 Å². The summed E-state index contributed by atoms with van der Waals surface area (Å²) in [5.41, 5.74) is 0. The predicted octanol–water partition coefficient (Wildman–Crippen LogP) is 2.99. The maximum absolute atomic E-state index is 11.3. The number of hydrogen-bond acceptors (Lipinski definition) is 0. The Morgan fingerprint density at radius 3 is 1.30 bits per heavy atom. The fourth-order valence-electron chi connectivity index (χ4n) is 0.124. The second kappa shape index (κ2) is 2.70. The van der Waals surface area contributed by atoms with Crippen LogP contribution in [0.3, 0.4) is 0 Å². The van der Waals surface area contributed by atoms with Crippen LogP contribution in [-0.2, 0) is 0 Å². The van der Waals surface area contributed by atoms with Gasteiger partial charge in [0.1, 0.15) is 0 Å². The van der Waals surface area contributed by atoms with Crippen molar-refractivity contribution in [1.82, 2.24) is 0 Å². The van der Waals surface area contributed by atoms with E-state index in [-0.39, 0.29) is 0 Å². The van der Waals surface area contributed by atoms with Gasteiger partial charge in [0.25, 0.3) is 10.8 Å². The first-order chi connectivity index (χ1) is 4.19. The van der Waals surface area contributed by atoms with E-state index >= 15 is 0 Å². The van der Waals surface area contributed by atoms with Crippen molar-refractivity contribution >= 4 is 23.2 Å². The smallest absolute Gasteiger partial charge is 0.207 e. The molecular formula is C3HCl2F5. The first kappa shape index (κ1) is 10.2. The largest absolute Gasteiger partial charge is 0.427 e. The number of rotatable bonds is 1. The third-order valence-corrected chi connectivity index (χ3v) is 1.41. The lowest BCUT2D eigenvalue weighted by Gasteiger charge is -2.20. The summed E-state index contributed by atoms with van der Waals surface area (Å²) in [6.45, 7) is 0. The first-order valence-electron chi connectivity index (χ1n) is 1.92. The first-order valence-corrected chi connectivity index (χ1v) is 2.68. The molecule has 7 heteroatoms. The lowest BCUT2D eigenvalue weighted by molar-refractivity contribution is -0.167. The summed E-state index contributed by atoms with van der Waals surface area (Å²) < 4.78 is 52.7. The zero-order valence-corrected chi connectivity index (χ0v) is 5.73. The summed E-state index contributed by atoms with van der Waals surface area (Å²) in [6.07, 6.45) is -9.14. The van der Waals surface area contributed by atoms with Crippen LogP contribution in [0.5, 0.6) is 0 Å². The molecule has 0 bridgehead atoms. The molecule has 0 atom stereocenters. The third kappa shape index (κ3) is 1.85.